The van der Waals surface area contributed by atoms with Gasteiger partial charge in [0.15, 0.2) is 0 Å². The van der Waals surface area contributed by atoms with Crippen LogP contribution in [0.1, 0.15) is 32.1 Å². The summed E-state index contributed by atoms with van der Waals surface area (Å²) in [6.45, 7) is 5.34. The smallest absolute Gasteiger partial charge is 0.317 e. The molecule has 0 aromatic carbocycles. The third-order valence-electron chi connectivity index (χ3n) is 5.15. The maximum Gasteiger partial charge on any atom is 0.317 e. The summed E-state index contributed by atoms with van der Waals surface area (Å²) in [6.07, 6.45) is 8.33. The van der Waals surface area contributed by atoms with Gasteiger partial charge in [-0.05, 0) is 31.4 Å². The molecule has 0 saturated carbocycles. The van der Waals surface area contributed by atoms with Crippen molar-refractivity contribution in [2.45, 2.75) is 32.1 Å². The lowest BCUT2D eigenvalue weighted by Crippen LogP contribution is -2.52. The molecule has 0 bridgehead atoms. The van der Waals surface area contributed by atoms with Crippen LogP contribution in [0.3, 0.4) is 0 Å². The zero-order chi connectivity index (χ0) is 18.2. The van der Waals surface area contributed by atoms with Gasteiger partial charge < -0.3 is 20.0 Å². The Bertz CT molecular complexity index is 587. The maximum atomic E-state index is 12.3. The van der Waals surface area contributed by atoms with Crippen LogP contribution in [0.2, 0.25) is 0 Å². The first-order valence-corrected chi connectivity index (χ1v) is 9.69. The van der Waals surface area contributed by atoms with E-state index in [1.54, 1.807) is 12.4 Å². The lowest BCUT2D eigenvalue weighted by Gasteiger charge is -2.36. The number of anilines is 1. The van der Waals surface area contributed by atoms with E-state index in [2.05, 4.69) is 15.2 Å². The van der Waals surface area contributed by atoms with E-state index in [-0.39, 0.29) is 11.9 Å². The van der Waals surface area contributed by atoms with Gasteiger partial charge in [0.1, 0.15) is 0 Å². The largest absolute Gasteiger partial charge is 0.368 e. The predicted octanol–water partition coefficient (Wildman–Crippen LogP) is 1.71. The number of pyridine rings is 1. The van der Waals surface area contributed by atoms with Crippen LogP contribution >= 0.6 is 0 Å². The van der Waals surface area contributed by atoms with Crippen molar-refractivity contribution < 1.29 is 9.59 Å². The van der Waals surface area contributed by atoms with E-state index in [1.165, 1.54) is 0 Å². The average molecular weight is 359 g/mol. The highest BCUT2D eigenvalue weighted by molar-refractivity contribution is 5.76. The Hall–Kier alpha value is -2.31. The number of piperazine rings is 1. The number of hydrogen-bond acceptors (Lipinski definition) is 4. The van der Waals surface area contributed by atoms with E-state index >= 15 is 0 Å². The molecule has 1 aromatic heterocycles. The van der Waals surface area contributed by atoms with Crippen LogP contribution in [0, 0.1) is 0 Å². The minimum atomic E-state index is 0.00145. The van der Waals surface area contributed by atoms with Crippen LogP contribution in [-0.4, -0.2) is 72.5 Å². The van der Waals surface area contributed by atoms with Crippen molar-refractivity contribution in [3.63, 3.8) is 0 Å². The highest BCUT2D eigenvalue weighted by Crippen LogP contribution is 2.15. The molecule has 2 saturated heterocycles. The third-order valence-corrected chi connectivity index (χ3v) is 5.15. The maximum absolute atomic E-state index is 12.3. The molecule has 0 radical (unpaired) electrons. The molecule has 2 aliphatic rings. The second-order valence-corrected chi connectivity index (χ2v) is 6.96. The minimum Gasteiger partial charge on any atom is -0.368 e. The molecule has 26 heavy (non-hydrogen) atoms. The number of likely N-dealkylation sites (tertiary alicyclic amines) is 1. The second-order valence-electron chi connectivity index (χ2n) is 6.96. The van der Waals surface area contributed by atoms with Crippen LogP contribution in [0.4, 0.5) is 10.5 Å². The summed E-state index contributed by atoms with van der Waals surface area (Å²) < 4.78 is 0. The van der Waals surface area contributed by atoms with Gasteiger partial charge >= 0.3 is 6.03 Å². The van der Waals surface area contributed by atoms with Gasteiger partial charge in [-0.3, -0.25) is 9.78 Å². The quantitative estimate of drug-likeness (QED) is 0.813. The van der Waals surface area contributed by atoms with Crippen molar-refractivity contribution in [1.82, 2.24) is 20.1 Å². The Kier molecular flexibility index (Phi) is 6.68. The Labute approximate surface area is 155 Å². The van der Waals surface area contributed by atoms with Gasteiger partial charge in [0, 0.05) is 70.3 Å². The molecule has 7 heteroatoms. The summed E-state index contributed by atoms with van der Waals surface area (Å²) in [6, 6.07) is 4.00. The molecule has 3 rings (SSSR count). The summed E-state index contributed by atoms with van der Waals surface area (Å²) in [5.41, 5.74) is 1.15. The molecule has 0 spiro atoms. The van der Waals surface area contributed by atoms with Gasteiger partial charge in [-0.15, -0.1) is 0 Å². The summed E-state index contributed by atoms with van der Waals surface area (Å²) in [7, 11) is 0. The van der Waals surface area contributed by atoms with Gasteiger partial charge in [0.2, 0.25) is 5.91 Å². The monoisotopic (exact) mass is 359 g/mol. The van der Waals surface area contributed by atoms with Crippen molar-refractivity contribution in [2.75, 3.05) is 50.7 Å². The number of aromatic nitrogens is 1. The number of hydrogen-bond donors (Lipinski definition) is 1. The Morgan fingerprint density at radius 3 is 2.58 bits per heavy atom. The minimum absolute atomic E-state index is 0.00145. The van der Waals surface area contributed by atoms with E-state index in [4.69, 9.17) is 0 Å². The third kappa shape index (κ3) is 5.09. The number of nitrogens with one attached hydrogen (secondary N) is 1. The first kappa shape index (κ1) is 18.5. The first-order valence-electron chi connectivity index (χ1n) is 9.69. The number of carbonyl (C=O) groups is 2. The molecule has 1 aromatic rings. The van der Waals surface area contributed by atoms with E-state index in [9.17, 15) is 9.59 Å². The van der Waals surface area contributed by atoms with Gasteiger partial charge in [-0.1, -0.05) is 6.42 Å². The molecule has 3 heterocycles. The number of urea groups is 1. The Morgan fingerprint density at radius 2 is 1.81 bits per heavy atom. The van der Waals surface area contributed by atoms with E-state index in [0.717, 1.165) is 70.6 Å². The lowest BCUT2D eigenvalue weighted by molar-refractivity contribution is -0.130. The number of amides is 3. The van der Waals surface area contributed by atoms with Gasteiger partial charge in [0.25, 0.3) is 0 Å². The van der Waals surface area contributed by atoms with Crippen molar-refractivity contribution in [2.24, 2.45) is 0 Å². The van der Waals surface area contributed by atoms with E-state index < -0.39 is 0 Å². The van der Waals surface area contributed by atoms with Crippen LogP contribution in [0.25, 0.3) is 0 Å². The van der Waals surface area contributed by atoms with Gasteiger partial charge in [-0.25, -0.2) is 4.79 Å². The highest BCUT2D eigenvalue weighted by atomic mass is 16.2. The average Bonchev–Trinajstić information content (AvgIpc) is 2.90. The summed E-state index contributed by atoms with van der Waals surface area (Å²) in [5.74, 6) is 0.265. The molecule has 2 aliphatic heterocycles. The summed E-state index contributed by atoms with van der Waals surface area (Å²) in [4.78, 5) is 34.4. The summed E-state index contributed by atoms with van der Waals surface area (Å²) in [5, 5.41) is 3.00. The topological polar surface area (TPSA) is 68.8 Å². The molecular weight excluding hydrogens is 330 g/mol. The van der Waals surface area contributed by atoms with Gasteiger partial charge in [0.05, 0.1) is 0 Å². The Balaban J connectivity index is 1.33. The van der Waals surface area contributed by atoms with E-state index in [1.807, 2.05) is 21.9 Å². The molecule has 1 N–H and O–H groups in total. The SMILES string of the molecule is O=C1CCCCCN1CCCNC(=O)N1CCN(c2ccncc2)CC1. The predicted molar refractivity (Wildman–Crippen MR) is 101 cm³/mol. The highest BCUT2D eigenvalue weighted by Gasteiger charge is 2.21. The van der Waals surface area contributed by atoms with Crippen LogP contribution < -0.4 is 10.2 Å². The number of nitrogens with zero attached hydrogens (tertiary/aromatic N) is 4. The molecule has 0 aliphatic carbocycles. The lowest BCUT2D eigenvalue weighted by atomic mass is 10.2. The van der Waals surface area contributed by atoms with Crippen molar-refractivity contribution in [3.8, 4) is 0 Å². The molecule has 0 unspecified atom stereocenters. The summed E-state index contributed by atoms with van der Waals surface area (Å²) >= 11 is 0. The van der Waals surface area contributed by atoms with Crippen LogP contribution in [0.5, 0.6) is 0 Å². The normalized spacial score (nSPS) is 18.6. The number of rotatable bonds is 5. The van der Waals surface area contributed by atoms with Crippen LogP contribution in [0.15, 0.2) is 24.5 Å². The second kappa shape index (κ2) is 9.40. The van der Waals surface area contributed by atoms with Crippen molar-refractivity contribution >= 4 is 17.6 Å². The van der Waals surface area contributed by atoms with Crippen molar-refractivity contribution in [3.05, 3.63) is 24.5 Å². The molecule has 0 atom stereocenters. The van der Waals surface area contributed by atoms with Gasteiger partial charge in [-0.2, -0.15) is 0 Å². The fourth-order valence-corrected chi connectivity index (χ4v) is 3.57. The fourth-order valence-electron chi connectivity index (χ4n) is 3.57. The molecule has 2 fully saturated rings. The number of carbonyl (C=O) groups excluding carboxylic acids is 2. The molecule has 142 valence electrons. The zero-order valence-electron chi connectivity index (χ0n) is 15.4. The Morgan fingerprint density at radius 1 is 1.04 bits per heavy atom. The van der Waals surface area contributed by atoms with Crippen LogP contribution in [-0.2, 0) is 4.79 Å². The van der Waals surface area contributed by atoms with E-state index in [0.29, 0.717) is 13.0 Å². The fraction of sp³-hybridized carbons (Fsp3) is 0.632. The first-order chi connectivity index (χ1) is 12.7. The molecule has 3 amide bonds. The van der Waals surface area contributed by atoms with Crippen molar-refractivity contribution in [1.29, 1.82) is 0 Å². The molecule has 7 nitrogen and oxygen atoms in total. The zero-order valence-corrected chi connectivity index (χ0v) is 15.4. The standard InChI is InChI=1S/C19H29N5O2/c25-18-5-2-1-3-11-23(18)12-4-8-21-19(26)24-15-13-22(14-16-24)17-6-9-20-10-7-17/h6-7,9-10H,1-5,8,11-16H2,(H,21,26). The molecular formula is C19H29N5O2.